The summed E-state index contributed by atoms with van der Waals surface area (Å²) in [6, 6.07) is 6.23. The second-order valence-electron chi connectivity index (χ2n) is 4.69. The lowest BCUT2D eigenvalue weighted by atomic mass is 10.2. The van der Waals surface area contributed by atoms with Crippen LogP contribution < -0.4 is 4.74 Å². The minimum atomic E-state index is -0.406. The SMILES string of the molecule is CCN(CC)CCCCCOc1ccc([N+](=O)[O-])cc1. The molecule has 112 valence electrons. The maximum Gasteiger partial charge on any atom is 0.269 e. The third kappa shape index (κ3) is 6.02. The second-order valence-corrected chi connectivity index (χ2v) is 4.69. The maximum absolute atomic E-state index is 10.5. The molecule has 0 aromatic heterocycles. The van der Waals surface area contributed by atoms with E-state index in [1.807, 2.05) is 0 Å². The Morgan fingerprint density at radius 2 is 1.75 bits per heavy atom. The Labute approximate surface area is 120 Å². The van der Waals surface area contributed by atoms with Crippen LogP contribution in [0.4, 0.5) is 5.69 Å². The van der Waals surface area contributed by atoms with Crippen molar-refractivity contribution in [2.45, 2.75) is 33.1 Å². The molecule has 0 N–H and O–H groups in total. The Bertz CT molecular complexity index is 389. The fourth-order valence-electron chi connectivity index (χ4n) is 2.01. The molecule has 0 spiro atoms. The number of rotatable bonds is 10. The third-order valence-electron chi connectivity index (χ3n) is 3.33. The van der Waals surface area contributed by atoms with Crippen molar-refractivity contribution >= 4 is 5.69 Å². The topological polar surface area (TPSA) is 55.6 Å². The number of unbranched alkanes of at least 4 members (excludes halogenated alkanes) is 2. The van der Waals surface area contributed by atoms with Gasteiger partial charge < -0.3 is 9.64 Å². The molecule has 0 atom stereocenters. The molecule has 0 aliphatic heterocycles. The Kier molecular flexibility index (Phi) is 7.65. The van der Waals surface area contributed by atoms with Crippen LogP contribution in [0.15, 0.2) is 24.3 Å². The van der Waals surface area contributed by atoms with Crippen LogP contribution in [0.5, 0.6) is 5.75 Å². The summed E-state index contributed by atoms with van der Waals surface area (Å²) in [5, 5.41) is 10.5. The molecule has 0 saturated heterocycles. The van der Waals surface area contributed by atoms with Crippen molar-refractivity contribution in [3.63, 3.8) is 0 Å². The van der Waals surface area contributed by atoms with Gasteiger partial charge in [-0.25, -0.2) is 0 Å². The van der Waals surface area contributed by atoms with Crippen molar-refractivity contribution < 1.29 is 9.66 Å². The molecule has 0 aliphatic rings. The highest BCUT2D eigenvalue weighted by Crippen LogP contribution is 2.17. The van der Waals surface area contributed by atoms with Gasteiger partial charge in [0.15, 0.2) is 0 Å². The lowest BCUT2D eigenvalue weighted by molar-refractivity contribution is -0.384. The van der Waals surface area contributed by atoms with Crippen LogP contribution in [0.2, 0.25) is 0 Å². The predicted molar refractivity (Wildman–Crippen MR) is 80.2 cm³/mol. The van der Waals surface area contributed by atoms with E-state index in [0.717, 1.165) is 32.5 Å². The van der Waals surface area contributed by atoms with Crippen LogP contribution in [-0.2, 0) is 0 Å². The molecule has 0 fully saturated rings. The highest BCUT2D eigenvalue weighted by molar-refractivity contribution is 5.35. The lowest BCUT2D eigenvalue weighted by Crippen LogP contribution is -2.23. The molecule has 0 heterocycles. The zero-order valence-electron chi connectivity index (χ0n) is 12.4. The van der Waals surface area contributed by atoms with Crippen LogP contribution in [-0.4, -0.2) is 36.1 Å². The molecule has 0 amide bonds. The molecule has 0 unspecified atom stereocenters. The molecule has 0 radical (unpaired) electrons. The van der Waals surface area contributed by atoms with E-state index in [0.29, 0.717) is 12.4 Å². The van der Waals surface area contributed by atoms with Gasteiger partial charge in [0.25, 0.3) is 5.69 Å². The van der Waals surface area contributed by atoms with Gasteiger partial charge in [0.2, 0.25) is 0 Å². The summed E-state index contributed by atoms with van der Waals surface area (Å²) in [5.74, 6) is 0.694. The summed E-state index contributed by atoms with van der Waals surface area (Å²) in [6.07, 6.45) is 3.34. The van der Waals surface area contributed by atoms with Gasteiger partial charge in [0.1, 0.15) is 5.75 Å². The molecule has 0 saturated carbocycles. The standard InChI is InChI=1S/C15H24N2O3/c1-3-16(4-2)12-6-5-7-13-20-15-10-8-14(9-11-15)17(18)19/h8-11H,3-7,12-13H2,1-2H3. The van der Waals surface area contributed by atoms with Crippen LogP contribution in [0.1, 0.15) is 33.1 Å². The summed E-state index contributed by atoms with van der Waals surface area (Å²) < 4.78 is 5.56. The maximum atomic E-state index is 10.5. The molecular weight excluding hydrogens is 256 g/mol. The number of nitrogens with zero attached hydrogens (tertiary/aromatic N) is 2. The van der Waals surface area contributed by atoms with E-state index in [2.05, 4.69) is 18.7 Å². The molecule has 1 rings (SSSR count). The molecule has 5 nitrogen and oxygen atoms in total. The minimum absolute atomic E-state index is 0.0940. The molecule has 1 aromatic rings. The van der Waals surface area contributed by atoms with Gasteiger partial charge in [0, 0.05) is 12.1 Å². The minimum Gasteiger partial charge on any atom is -0.494 e. The Morgan fingerprint density at radius 3 is 2.30 bits per heavy atom. The van der Waals surface area contributed by atoms with Gasteiger partial charge in [-0.15, -0.1) is 0 Å². The molecular formula is C15H24N2O3. The van der Waals surface area contributed by atoms with Gasteiger partial charge in [-0.2, -0.15) is 0 Å². The average molecular weight is 280 g/mol. The molecule has 1 aromatic carbocycles. The fourth-order valence-corrected chi connectivity index (χ4v) is 2.01. The number of nitro groups is 1. The lowest BCUT2D eigenvalue weighted by Gasteiger charge is -2.17. The van der Waals surface area contributed by atoms with Crippen molar-refractivity contribution in [3.05, 3.63) is 34.4 Å². The van der Waals surface area contributed by atoms with Crippen molar-refractivity contribution in [1.29, 1.82) is 0 Å². The summed E-state index contributed by atoms with van der Waals surface area (Å²) in [6.45, 7) is 8.38. The quantitative estimate of drug-likeness (QED) is 0.374. The summed E-state index contributed by atoms with van der Waals surface area (Å²) in [7, 11) is 0. The number of benzene rings is 1. The van der Waals surface area contributed by atoms with Gasteiger partial charge in [0.05, 0.1) is 11.5 Å². The summed E-state index contributed by atoms with van der Waals surface area (Å²) in [4.78, 5) is 12.5. The van der Waals surface area contributed by atoms with E-state index in [1.54, 1.807) is 12.1 Å². The van der Waals surface area contributed by atoms with Crippen molar-refractivity contribution in [1.82, 2.24) is 4.90 Å². The van der Waals surface area contributed by atoms with Crippen molar-refractivity contribution in [2.75, 3.05) is 26.2 Å². The first-order chi connectivity index (χ1) is 9.67. The number of nitro benzene ring substituents is 1. The molecule has 20 heavy (non-hydrogen) atoms. The van der Waals surface area contributed by atoms with E-state index in [1.165, 1.54) is 18.6 Å². The van der Waals surface area contributed by atoms with E-state index >= 15 is 0 Å². The van der Waals surface area contributed by atoms with Gasteiger partial charge in [-0.05, 0) is 51.0 Å². The van der Waals surface area contributed by atoms with Crippen molar-refractivity contribution in [2.24, 2.45) is 0 Å². The van der Waals surface area contributed by atoms with Crippen LogP contribution in [0.3, 0.4) is 0 Å². The first-order valence-electron chi connectivity index (χ1n) is 7.27. The van der Waals surface area contributed by atoms with E-state index in [4.69, 9.17) is 4.74 Å². The number of hydrogen-bond donors (Lipinski definition) is 0. The Hall–Kier alpha value is -1.62. The zero-order valence-corrected chi connectivity index (χ0v) is 12.4. The average Bonchev–Trinajstić information content (AvgIpc) is 2.47. The third-order valence-corrected chi connectivity index (χ3v) is 3.33. The number of ether oxygens (including phenoxy) is 1. The Balaban J connectivity index is 2.13. The molecule has 0 aliphatic carbocycles. The fraction of sp³-hybridized carbons (Fsp3) is 0.600. The van der Waals surface area contributed by atoms with E-state index < -0.39 is 4.92 Å². The molecule has 5 heteroatoms. The van der Waals surface area contributed by atoms with E-state index in [-0.39, 0.29) is 5.69 Å². The van der Waals surface area contributed by atoms with Crippen molar-refractivity contribution in [3.8, 4) is 5.75 Å². The zero-order chi connectivity index (χ0) is 14.8. The van der Waals surface area contributed by atoms with Gasteiger partial charge >= 0.3 is 0 Å². The van der Waals surface area contributed by atoms with Gasteiger partial charge in [-0.1, -0.05) is 13.8 Å². The second kappa shape index (κ2) is 9.31. The highest BCUT2D eigenvalue weighted by atomic mass is 16.6. The first-order valence-corrected chi connectivity index (χ1v) is 7.27. The predicted octanol–water partition coefficient (Wildman–Crippen LogP) is 3.49. The van der Waals surface area contributed by atoms with Gasteiger partial charge in [-0.3, -0.25) is 10.1 Å². The number of non-ortho nitro benzene ring substituents is 1. The monoisotopic (exact) mass is 280 g/mol. The summed E-state index contributed by atoms with van der Waals surface area (Å²) >= 11 is 0. The number of hydrogen-bond acceptors (Lipinski definition) is 4. The Morgan fingerprint density at radius 1 is 1.10 bits per heavy atom. The van der Waals surface area contributed by atoms with E-state index in [9.17, 15) is 10.1 Å². The highest BCUT2D eigenvalue weighted by Gasteiger charge is 2.04. The first kappa shape index (κ1) is 16.4. The smallest absolute Gasteiger partial charge is 0.269 e. The largest absolute Gasteiger partial charge is 0.494 e. The van der Waals surface area contributed by atoms with Crippen LogP contribution in [0.25, 0.3) is 0 Å². The normalized spacial score (nSPS) is 10.8. The summed E-state index contributed by atoms with van der Waals surface area (Å²) in [5.41, 5.74) is 0.0940. The van der Waals surface area contributed by atoms with Crippen LogP contribution >= 0.6 is 0 Å². The van der Waals surface area contributed by atoms with Crippen LogP contribution in [0, 0.1) is 10.1 Å². The molecule has 0 bridgehead atoms.